The van der Waals surface area contributed by atoms with E-state index in [9.17, 15) is 0 Å². The van der Waals surface area contributed by atoms with E-state index in [1.54, 1.807) is 6.20 Å². The fourth-order valence-corrected chi connectivity index (χ4v) is 3.41. The minimum Gasteiger partial charge on any atom is -0.470 e. The van der Waals surface area contributed by atoms with Crippen LogP contribution in [0.3, 0.4) is 0 Å². The van der Waals surface area contributed by atoms with Crippen molar-refractivity contribution in [1.29, 1.82) is 0 Å². The third-order valence-electron chi connectivity index (χ3n) is 4.08. The second kappa shape index (κ2) is 8.63. The van der Waals surface area contributed by atoms with Gasteiger partial charge in [-0.1, -0.05) is 60.7 Å². The Morgan fingerprint density at radius 1 is 0.929 bits per heavy atom. The van der Waals surface area contributed by atoms with Crippen molar-refractivity contribution in [3.63, 3.8) is 0 Å². The van der Waals surface area contributed by atoms with Crippen LogP contribution >= 0.6 is 11.3 Å². The summed E-state index contributed by atoms with van der Waals surface area (Å²) in [5.74, 6) is 1.05. The van der Waals surface area contributed by atoms with Gasteiger partial charge in [-0.15, -0.1) is 11.3 Å². The number of anilines is 2. The van der Waals surface area contributed by atoms with Crippen LogP contribution in [0, 0.1) is 6.92 Å². The molecule has 0 spiro atoms. The molecule has 2 aromatic heterocycles. The third-order valence-corrected chi connectivity index (χ3v) is 4.96. The highest BCUT2D eigenvalue weighted by Gasteiger charge is 2.12. The van der Waals surface area contributed by atoms with E-state index >= 15 is 0 Å². The Bertz CT molecular complexity index is 1030. The van der Waals surface area contributed by atoms with Crippen molar-refractivity contribution in [3.8, 4) is 5.88 Å². The first-order valence-electron chi connectivity index (χ1n) is 9.02. The summed E-state index contributed by atoms with van der Waals surface area (Å²) in [6.07, 6.45) is 2.48. The van der Waals surface area contributed by atoms with E-state index < -0.39 is 0 Å². The molecule has 1 N–H and O–H groups in total. The first-order chi connectivity index (χ1) is 13.8. The molecule has 6 heteroatoms. The second-order valence-electron chi connectivity index (χ2n) is 6.37. The maximum atomic E-state index is 6.02. The minimum atomic E-state index is 0.426. The normalized spacial score (nSPS) is 10.6. The van der Waals surface area contributed by atoms with E-state index in [0.29, 0.717) is 24.7 Å². The van der Waals surface area contributed by atoms with Crippen LogP contribution in [0.1, 0.15) is 22.5 Å². The highest BCUT2D eigenvalue weighted by molar-refractivity contribution is 7.13. The van der Waals surface area contributed by atoms with Gasteiger partial charge < -0.3 is 10.1 Å². The van der Waals surface area contributed by atoms with Gasteiger partial charge in [0.05, 0.1) is 17.6 Å². The van der Waals surface area contributed by atoms with Gasteiger partial charge >= 0.3 is 0 Å². The first kappa shape index (κ1) is 18.1. The van der Waals surface area contributed by atoms with Crippen LogP contribution in [0.5, 0.6) is 5.88 Å². The van der Waals surface area contributed by atoms with Crippen LogP contribution in [0.2, 0.25) is 0 Å². The molecular formula is C22H20N4OS. The van der Waals surface area contributed by atoms with Crippen LogP contribution in [0.25, 0.3) is 0 Å². The zero-order chi connectivity index (χ0) is 19.2. The predicted octanol–water partition coefficient (Wildman–Crippen LogP) is 5.15. The Balaban J connectivity index is 1.58. The number of benzene rings is 2. The molecule has 0 radical (unpaired) electrons. The summed E-state index contributed by atoms with van der Waals surface area (Å²) in [6, 6.07) is 20.2. The number of aryl methyl sites for hydroxylation is 1. The van der Waals surface area contributed by atoms with Crippen LogP contribution < -0.4 is 10.1 Å². The molecule has 4 aromatic rings. The quantitative estimate of drug-likeness (QED) is 0.474. The lowest BCUT2D eigenvalue weighted by atomic mass is 10.1. The average Bonchev–Trinajstić information content (AvgIpc) is 3.14. The molecule has 0 aliphatic carbocycles. The van der Waals surface area contributed by atoms with Crippen molar-refractivity contribution in [3.05, 3.63) is 94.8 Å². The number of aromatic nitrogens is 3. The number of ether oxygens (including phenoxy) is 1. The van der Waals surface area contributed by atoms with Crippen LogP contribution in [-0.4, -0.2) is 15.0 Å². The molecule has 0 aliphatic rings. The minimum absolute atomic E-state index is 0.426. The van der Waals surface area contributed by atoms with Crippen molar-refractivity contribution in [2.75, 3.05) is 5.32 Å². The summed E-state index contributed by atoms with van der Waals surface area (Å²) < 4.78 is 6.02. The standard InChI is InChI=1S/C22H20N4OS/c1-16-15-28-22(24-16)26-20-21(27-14-18-10-6-3-7-11-18)25-19(13-23-20)12-17-8-4-2-5-9-17/h2-11,13,15H,12,14H2,1H3,(H,23,24,26). The van der Waals surface area contributed by atoms with Crippen molar-refractivity contribution in [2.45, 2.75) is 20.0 Å². The number of nitrogens with zero attached hydrogens (tertiary/aromatic N) is 3. The number of hydrogen-bond donors (Lipinski definition) is 1. The molecule has 140 valence electrons. The maximum absolute atomic E-state index is 6.02. The molecule has 4 rings (SSSR count). The summed E-state index contributed by atoms with van der Waals surface area (Å²) in [5.41, 5.74) is 4.08. The molecule has 0 saturated heterocycles. The first-order valence-corrected chi connectivity index (χ1v) is 9.90. The zero-order valence-electron chi connectivity index (χ0n) is 15.5. The molecule has 0 amide bonds. The molecule has 28 heavy (non-hydrogen) atoms. The third kappa shape index (κ3) is 4.72. The molecule has 5 nitrogen and oxygen atoms in total. The molecule has 2 aromatic carbocycles. The Hall–Kier alpha value is -3.25. The second-order valence-corrected chi connectivity index (χ2v) is 7.23. The van der Waals surface area contributed by atoms with Gasteiger partial charge in [0.25, 0.3) is 5.88 Å². The maximum Gasteiger partial charge on any atom is 0.258 e. The van der Waals surface area contributed by atoms with E-state index in [1.165, 1.54) is 16.9 Å². The Morgan fingerprint density at radius 2 is 1.64 bits per heavy atom. The lowest BCUT2D eigenvalue weighted by molar-refractivity contribution is 0.293. The lowest BCUT2D eigenvalue weighted by Gasteiger charge is -2.12. The van der Waals surface area contributed by atoms with Gasteiger partial charge in [0.2, 0.25) is 0 Å². The highest BCUT2D eigenvalue weighted by Crippen LogP contribution is 2.27. The molecule has 2 heterocycles. The molecule has 0 atom stereocenters. The van der Waals surface area contributed by atoms with E-state index in [2.05, 4.69) is 27.4 Å². The van der Waals surface area contributed by atoms with Gasteiger partial charge in [-0.05, 0) is 18.1 Å². The zero-order valence-corrected chi connectivity index (χ0v) is 16.3. The molecular weight excluding hydrogens is 368 g/mol. The summed E-state index contributed by atoms with van der Waals surface area (Å²) in [4.78, 5) is 13.7. The fraction of sp³-hybridized carbons (Fsp3) is 0.136. The van der Waals surface area contributed by atoms with Gasteiger partial charge in [-0.3, -0.25) is 0 Å². The summed E-state index contributed by atoms with van der Waals surface area (Å²) in [6.45, 7) is 2.39. The summed E-state index contributed by atoms with van der Waals surface area (Å²) in [7, 11) is 0. The average molecular weight is 388 g/mol. The van der Waals surface area contributed by atoms with Gasteiger partial charge in [-0.2, -0.15) is 0 Å². The lowest BCUT2D eigenvalue weighted by Crippen LogP contribution is -2.05. The summed E-state index contributed by atoms with van der Waals surface area (Å²) >= 11 is 1.53. The number of rotatable bonds is 7. The molecule has 0 bridgehead atoms. The Kier molecular flexibility index (Phi) is 5.58. The van der Waals surface area contributed by atoms with Gasteiger partial charge in [0.1, 0.15) is 6.61 Å². The van der Waals surface area contributed by atoms with E-state index in [-0.39, 0.29) is 0 Å². The van der Waals surface area contributed by atoms with Crippen LogP contribution in [0.15, 0.2) is 72.2 Å². The SMILES string of the molecule is Cc1csc(Nc2ncc(Cc3ccccc3)nc2OCc2ccccc2)n1. The smallest absolute Gasteiger partial charge is 0.258 e. The van der Waals surface area contributed by atoms with Crippen molar-refractivity contribution >= 4 is 22.3 Å². The Morgan fingerprint density at radius 3 is 2.32 bits per heavy atom. The van der Waals surface area contributed by atoms with Gasteiger partial charge in [-0.25, -0.2) is 15.0 Å². The van der Waals surface area contributed by atoms with E-state index in [0.717, 1.165) is 22.1 Å². The monoisotopic (exact) mass is 388 g/mol. The molecule has 0 saturated carbocycles. The Labute approximate surface area is 168 Å². The predicted molar refractivity (Wildman–Crippen MR) is 112 cm³/mol. The highest BCUT2D eigenvalue weighted by atomic mass is 32.1. The topological polar surface area (TPSA) is 59.9 Å². The van der Waals surface area contributed by atoms with Gasteiger partial charge in [0.15, 0.2) is 10.9 Å². The van der Waals surface area contributed by atoms with Crippen LogP contribution in [-0.2, 0) is 13.0 Å². The molecule has 0 fully saturated rings. The fourth-order valence-electron chi connectivity index (χ4n) is 2.72. The van der Waals surface area contributed by atoms with E-state index in [4.69, 9.17) is 9.72 Å². The van der Waals surface area contributed by atoms with Crippen molar-refractivity contribution in [2.24, 2.45) is 0 Å². The largest absolute Gasteiger partial charge is 0.470 e. The van der Waals surface area contributed by atoms with Crippen molar-refractivity contribution < 1.29 is 4.74 Å². The molecule has 0 unspecified atom stereocenters. The number of nitrogens with one attached hydrogen (secondary N) is 1. The van der Waals surface area contributed by atoms with E-state index in [1.807, 2.05) is 60.8 Å². The summed E-state index contributed by atoms with van der Waals surface area (Å²) in [5, 5.41) is 5.99. The van der Waals surface area contributed by atoms with Gasteiger partial charge in [0, 0.05) is 11.8 Å². The number of hydrogen-bond acceptors (Lipinski definition) is 6. The number of thiazole rings is 1. The molecule has 0 aliphatic heterocycles. The van der Waals surface area contributed by atoms with Crippen LogP contribution in [0.4, 0.5) is 10.9 Å². The van der Waals surface area contributed by atoms with Crippen molar-refractivity contribution in [1.82, 2.24) is 15.0 Å².